The number of amides is 1. The van der Waals surface area contributed by atoms with Gasteiger partial charge in [0.2, 0.25) is 5.91 Å². The molecule has 0 radical (unpaired) electrons. The average molecular weight is 276 g/mol. The fourth-order valence-corrected chi connectivity index (χ4v) is 2.13. The third-order valence-electron chi connectivity index (χ3n) is 3.14. The van der Waals surface area contributed by atoms with E-state index in [1.54, 1.807) is 4.57 Å². The number of hydrogen-bond donors (Lipinski definition) is 3. The highest BCUT2D eigenvalue weighted by atomic mass is 16.4. The first kappa shape index (κ1) is 14.1. The van der Waals surface area contributed by atoms with Gasteiger partial charge >= 0.3 is 5.97 Å². The largest absolute Gasteiger partial charge is 0.480 e. The zero-order valence-electron chi connectivity index (χ0n) is 11.0. The molecule has 0 unspecified atom stereocenters. The van der Waals surface area contributed by atoms with Gasteiger partial charge in [-0.15, -0.1) is 0 Å². The van der Waals surface area contributed by atoms with Crippen molar-refractivity contribution in [1.29, 1.82) is 0 Å². The van der Waals surface area contributed by atoms with Crippen molar-refractivity contribution in [3.63, 3.8) is 0 Å². The zero-order chi connectivity index (χ0) is 14.7. The summed E-state index contributed by atoms with van der Waals surface area (Å²) < 4.78 is 1.81. The Bertz CT molecular complexity index is 648. The SMILES string of the molecule is Cc1cc2ccccc2n1CC(=O)N[C@H](CO)C(=O)O. The van der Waals surface area contributed by atoms with E-state index in [1.807, 2.05) is 37.3 Å². The van der Waals surface area contributed by atoms with E-state index >= 15 is 0 Å². The Hall–Kier alpha value is -2.34. The molecular formula is C14H16N2O4. The van der Waals surface area contributed by atoms with Crippen LogP contribution in [-0.4, -0.2) is 39.3 Å². The van der Waals surface area contributed by atoms with Gasteiger partial charge < -0.3 is 20.1 Å². The molecule has 0 fully saturated rings. The summed E-state index contributed by atoms with van der Waals surface area (Å²) in [7, 11) is 0. The van der Waals surface area contributed by atoms with E-state index in [0.717, 1.165) is 16.6 Å². The van der Waals surface area contributed by atoms with Gasteiger partial charge in [0.15, 0.2) is 0 Å². The van der Waals surface area contributed by atoms with Crippen molar-refractivity contribution in [3.8, 4) is 0 Å². The molecule has 0 aliphatic rings. The van der Waals surface area contributed by atoms with Crippen molar-refractivity contribution >= 4 is 22.8 Å². The van der Waals surface area contributed by atoms with Crippen LogP contribution in [-0.2, 0) is 16.1 Å². The zero-order valence-corrected chi connectivity index (χ0v) is 11.0. The minimum atomic E-state index is -1.27. The Morgan fingerprint density at radius 3 is 2.70 bits per heavy atom. The summed E-state index contributed by atoms with van der Waals surface area (Å²) in [6, 6.07) is 8.33. The molecule has 1 aromatic carbocycles. The molecule has 20 heavy (non-hydrogen) atoms. The average Bonchev–Trinajstić information content (AvgIpc) is 2.72. The van der Waals surface area contributed by atoms with Crippen LogP contribution in [0.25, 0.3) is 10.9 Å². The van der Waals surface area contributed by atoms with Gasteiger partial charge in [-0.1, -0.05) is 18.2 Å². The number of aliphatic carboxylic acids is 1. The van der Waals surface area contributed by atoms with E-state index in [-0.39, 0.29) is 6.54 Å². The van der Waals surface area contributed by atoms with Crippen molar-refractivity contribution < 1.29 is 19.8 Å². The summed E-state index contributed by atoms with van der Waals surface area (Å²) in [4.78, 5) is 22.6. The summed E-state index contributed by atoms with van der Waals surface area (Å²) >= 11 is 0. The minimum Gasteiger partial charge on any atom is -0.480 e. The van der Waals surface area contributed by atoms with Gasteiger partial charge in [0.05, 0.1) is 6.61 Å². The molecule has 2 rings (SSSR count). The van der Waals surface area contributed by atoms with Crippen molar-refractivity contribution in [1.82, 2.24) is 9.88 Å². The number of nitrogens with one attached hydrogen (secondary N) is 1. The number of aliphatic hydroxyl groups excluding tert-OH is 1. The Morgan fingerprint density at radius 1 is 1.35 bits per heavy atom. The molecular weight excluding hydrogens is 260 g/mol. The molecule has 6 heteroatoms. The summed E-state index contributed by atoms with van der Waals surface area (Å²) in [5.74, 6) is -1.70. The summed E-state index contributed by atoms with van der Waals surface area (Å²) in [5, 5.41) is 21.0. The van der Waals surface area contributed by atoms with E-state index in [1.165, 1.54) is 0 Å². The number of para-hydroxylation sites is 1. The highest BCUT2D eigenvalue weighted by Gasteiger charge is 2.19. The first-order valence-corrected chi connectivity index (χ1v) is 6.21. The lowest BCUT2D eigenvalue weighted by atomic mass is 10.2. The molecule has 106 valence electrons. The predicted octanol–water partition coefficient (Wildman–Crippen LogP) is 0.511. The Labute approximate surface area is 115 Å². The Kier molecular flexibility index (Phi) is 4.05. The van der Waals surface area contributed by atoms with E-state index in [2.05, 4.69) is 5.32 Å². The van der Waals surface area contributed by atoms with Gasteiger partial charge in [0.1, 0.15) is 12.6 Å². The molecule has 1 atom stereocenters. The first-order chi connectivity index (χ1) is 9.52. The molecule has 1 amide bonds. The lowest BCUT2D eigenvalue weighted by Gasteiger charge is -2.13. The quantitative estimate of drug-likeness (QED) is 0.742. The maximum absolute atomic E-state index is 11.9. The summed E-state index contributed by atoms with van der Waals surface area (Å²) in [6.45, 7) is 1.27. The van der Waals surface area contributed by atoms with E-state index in [9.17, 15) is 9.59 Å². The third-order valence-corrected chi connectivity index (χ3v) is 3.14. The summed E-state index contributed by atoms with van der Waals surface area (Å²) in [6.07, 6.45) is 0. The lowest BCUT2D eigenvalue weighted by Crippen LogP contribution is -2.44. The van der Waals surface area contributed by atoms with Crippen LogP contribution in [0.4, 0.5) is 0 Å². The van der Waals surface area contributed by atoms with Crippen LogP contribution >= 0.6 is 0 Å². The molecule has 0 aliphatic carbocycles. The standard InChI is InChI=1S/C14H16N2O4/c1-9-6-10-4-2-3-5-12(10)16(9)7-13(18)15-11(8-17)14(19)20/h2-6,11,17H,7-8H2,1H3,(H,15,18)(H,19,20)/t11-/m1/s1. The van der Waals surface area contributed by atoms with Crippen molar-refractivity contribution in [2.75, 3.05) is 6.61 Å². The molecule has 0 spiro atoms. The van der Waals surface area contributed by atoms with E-state index in [0.29, 0.717) is 0 Å². The highest BCUT2D eigenvalue weighted by Crippen LogP contribution is 2.18. The van der Waals surface area contributed by atoms with Gasteiger partial charge in [-0.2, -0.15) is 0 Å². The highest BCUT2D eigenvalue weighted by molar-refractivity contribution is 5.86. The van der Waals surface area contributed by atoms with Crippen LogP contribution in [0.5, 0.6) is 0 Å². The maximum Gasteiger partial charge on any atom is 0.328 e. The molecule has 6 nitrogen and oxygen atoms in total. The number of aromatic nitrogens is 1. The fraction of sp³-hybridized carbons (Fsp3) is 0.286. The van der Waals surface area contributed by atoms with Gasteiger partial charge in [-0.05, 0) is 24.4 Å². The Balaban J connectivity index is 2.18. The van der Waals surface area contributed by atoms with Crippen molar-refractivity contribution in [2.45, 2.75) is 19.5 Å². The number of hydrogen-bond acceptors (Lipinski definition) is 3. The maximum atomic E-state index is 11.9. The van der Waals surface area contributed by atoms with Crippen LogP contribution < -0.4 is 5.32 Å². The number of nitrogens with zero attached hydrogens (tertiary/aromatic N) is 1. The van der Waals surface area contributed by atoms with E-state index < -0.39 is 24.5 Å². The second-order valence-corrected chi connectivity index (χ2v) is 4.57. The van der Waals surface area contributed by atoms with Gasteiger partial charge in [0.25, 0.3) is 0 Å². The molecule has 2 aromatic rings. The van der Waals surface area contributed by atoms with Crippen molar-refractivity contribution in [2.24, 2.45) is 0 Å². The number of carbonyl (C=O) groups is 2. The van der Waals surface area contributed by atoms with Crippen LogP contribution in [0.15, 0.2) is 30.3 Å². The Morgan fingerprint density at radius 2 is 2.05 bits per heavy atom. The fourth-order valence-electron chi connectivity index (χ4n) is 2.13. The van der Waals surface area contributed by atoms with Crippen LogP contribution in [0.3, 0.4) is 0 Å². The monoisotopic (exact) mass is 276 g/mol. The molecule has 0 bridgehead atoms. The van der Waals surface area contributed by atoms with Crippen molar-refractivity contribution in [3.05, 3.63) is 36.0 Å². The van der Waals surface area contributed by atoms with Gasteiger partial charge in [0, 0.05) is 11.2 Å². The third kappa shape index (κ3) is 2.80. The lowest BCUT2D eigenvalue weighted by molar-refractivity contribution is -0.143. The number of carbonyl (C=O) groups excluding carboxylic acids is 1. The van der Waals surface area contributed by atoms with E-state index in [4.69, 9.17) is 10.2 Å². The van der Waals surface area contributed by atoms with Gasteiger partial charge in [-0.3, -0.25) is 4.79 Å². The molecule has 1 heterocycles. The van der Waals surface area contributed by atoms with Crippen LogP contribution in [0, 0.1) is 6.92 Å². The number of aliphatic hydroxyl groups is 1. The predicted molar refractivity (Wildman–Crippen MR) is 73.3 cm³/mol. The summed E-state index contributed by atoms with van der Waals surface area (Å²) in [5.41, 5.74) is 1.83. The number of benzene rings is 1. The smallest absolute Gasteiger partial charge is 0.328 e. The van der Waals surface area contributed by atoms with Crippen LogP contribution in [0.2, 0.25) is 0 Å². The first-order valence-electron chi connectivity index (χ1n) is 6.21. The molecule has 3 N–H and O–H groups in total. The number of carboxylic acids is 1. The molecule has 0 saturated carbocycles. The number of fused-ring (bicyclic) bond motifs is 1. The second kappa shape index (κ2) is 5.75. The number of rotatable bonds is 5. The minimum absolute atomic E-state index is 0.0170. The topological polar surface area (TPSA) is 91.6 Å². The molecule has 0 saturated heterocycles. The second-order valence-electron chi connectivity index (χ2n) is 4.57. The number of carboxylic acid groups (broad SMARTS) is 1. The number of aryl methyl sites for hydroxylation is 1. The van der Waals surface area contributed by atoms with Gasteiger partial charge in [-0.25, -0.2) is 4.79 Å². The normalized spacial score (nSPS) is 12.3. The molecule has 0 aliphatic heterocycles. The van der Waals surface area contributed by atoms with Crippen LogP contribution in [0.1, 0.15) is 5.69 Å². The molecule has 1 aromatic heterocycles.